The summed E-state index contributed by atoms with van der Waals surface area (Å²) in [5, 5.41) is 9.85. The van der Waals surface area contributed by atoms with Gasteiger partial charge in [-0.05, 0) is 48.4 Å². The van der Waals surface area contributed by atoms with Crippen molar-refractivity contribution in [3.8, 4) is 11.5 Å². The first-order valence-electron chi connectivity index (χ1n) is 8.40. The summed E-state index contributed by atoms with van der Waals surface area (Å²) in [5.41, 5.74) is 3.18. The van der Waals surface area contributed by atoms with Crippen molar-refractivity contribution in [1.29, 1.82) is 0 Å². The van der Waals surface area contributed by atoms with Crippen LogP contribution in [-0.2, 0) is 6.61 Å². The monoisotopic (exact) mass is 344 g/mol. The molecule has 0 heterocycles. The van der Waals surface area contributed by atoms with Crippen LogP contribution >= 0.6 is 0 Å². The number of carbonyl (C=O) groups is 1. The molecule has 0 bridgehead atoms. The van der Waals surface area contributed by atoms with Crippen molar-refractivity contribution >= 4 is 11.9 Å². The normalized spacial score (nSPS) is 10.8. The average Bonchev–Trinajstić information content (AvgIpc) is 2.67. The number of phenolic OH excluding ortho intramolecular Hbond substituents is 1. The molecule has 0 amide bonds. The minimum absolute atomic E-state index is 0.00908. The fraction of sp³-hybridized carbons (Fsp3) is 0.0870. The fourth-order valence-corrected chi connectivity index (χ4v) is 2.56. The molecule has 3 rings (SSSR count). The maximum Gasteiger partial charge on any atom is 0.189 e. The van der Waals surface area contributed by atoms with E-state index in [1.165, 1.54) is 12.1 Å². The maximum atomic E-state index is 12.3. The molecule has 0 unspecified atom stereocenters. The number of phenols is 1. The van der Waals surface area contributed by atoms with Crippen LogP contribution in [-0.4, -0.2) is 10.9 Å². The summed E-state index contributed by atoms with van der Waals surface area (Å²) in [4.78, 5) is 12.3. The van der Waals surface area contributed by atoms with Crippen LogP contribution in [0.4, 0.5) is 0 Å². The molecule has 0 aromatic heterocycles. The molecule has 0 spiro atoms. The van der Waals surface area contributed by atoms with Crippen LogP contribution in [0.15, 0.2) is 78.9 Å². The topological polar surface area (TPSA) is 46.5 Å². The predicted octanol–water partition coefficient (Wildman–Crippen LogP) is 5.18. The van der Waals surface area contributed by atoms with Gasteiger partial charge < -0.3 is 9.84 Å². The summed E-state index contributed by atoms with van der Waals surface area (Å²) in [6, 6.07) is 22.5. The van der Waals surface area contributed by atoms with Crippen molar-refractivity contribution < 1.29 is 14.6 Å². The third-order valence-electron chi connectivity index (χ3n) is 3.95. The van der Waals surface area contributed by atoms with E-state index in [-0.39, 0.29) is 11.5 Å². The van der Waals surface area contributed by atoms with E-state index in [2.05, 4.69) is 0 Å². The van der Waals surface area contributed by atoms with E-state index in [1.54, 1.807) is 18.2 Å². The van der Waals surface area contributed by atoms with E-state index in [4.69, 9.17) is 4.74 Å². The van der Waals surface area contributed by atoms with Crippen molar-refractivity contribution in [3.05, 3.63) is 101 Å². The van der Waals surface area contributed by atoms with Crippen molar-refractivity contribution in [2.45, 2.75) is 13.5 Å². The average molecular weight is 344 g/mol. The van der Waals surface area contributed by atoms with Crippen LogP contribution in [0.3, 0.4) is 0 Å². The van der Waals surface area contributed by atoms with Gasteiger partial charge in [0.25, 0.3) is 0 Å². The van der Waals surface area contributed by atoms with Crippen LogP contribution in [0.1, 0.15) is 27.0 Å². The molecular formula is C23H20O3. The number of ketones is 1. The Kier molecular flexibility index (Phi) is 5.49. The third-order valence-corrected chi connectivity index (χ3v) is 3.95. The van der Waals surface area contributed by atoms with Crippen molar-refractivity contribution in [2.75, 3.05) is 0 Å². The molecule has 0 saturated carbocycles. The second-order valence-corrected chi connectivity index (χ2v) is 6.06. The van der Waals surface area contributed by atoms with Gasteiger partial charge in [0.15, 0.2) is 5.78 Å². The number of hydrogen-bond donors (Lipinski definition) is 1. The Labute approximate surface area is 153 Å². The number of benzene rings is 3. The number of ether oxygens (including phenoxy) is 1. The number of aromatic hydroxyl groups is 1. The van der Waals surface area contributed by atoms with Crippen molar-refractivity contribution in [1.82, 2.24) is 0 Å². The van der Waals surface area contributed by atoms with E-state index in [1.807, 2.05) is 61.5 Å². The van der Waals surface area contributed by atoms with Crippen LogP contribution in [0.5, 0.6) is 11.5 Å². The number of allylic oxidation sites excluding steroid dienone is 1. The lowest BCUT2D eigenvalue weighted by Gasteiger charge is -2.07. The molecular weight excluding hydrogens is 324 g/mol. The Balaban J connectivity index is 1.69. The molecule has 3 aromatic carbocycles. The van der Waals surface area contributed by atoms with Crippen LogP contribution in [0, 0.1) is 6.92 Å². The van der Waals surface area contributed by atoms with Gasteiger partial charge in [0.05, 0.1) is 5.56 Å². The van der Waals surface area contributed by atoms with Gasteiger partial charge in [-0.3, -0.25) is 4.79 Å². The van der Waals surface area contributed by atoms with E-state index in [9.17, 15) is 9.90 Å². The van der Waals surface area contributed by atoms with Gasteiger partial charge >= 0.3 is 0 Å². The quantitative estimate of drug-likeness (QED) is 0.495. The first kappa shape index (κ1) is 17.5. The Morgan fingerprint density at radius 2 is 1.81 bits per heavy atom. The summed E-state index contributed by atoms with van der Waals surface area (Å²) < 4.78 is 5.80. The Bertz CT molecular complexity index is 927. The highest BCUT2D eigenvalue weighted by Crippen LogP contribution is 2.20. The van der Waals surface area contributed by atoms with Crippen molar-refractivity contribution in [2.24, 2.45) is 0 Å². The first-order chi connectivity index (χ1) is 12.6. The number of hydrogen-bond acceptors (Lipinski definition) is 3. The highest BCUT2D eigenvalue weighted by molar-refractivity contribution is 6.08. The van der Waals surface area contributed by atoms with E-state index in [0.717, 1.165) is 22.4 Å². The minimum atomic E-state index is -0.234. The lowest BCUT2D eigenvalue weighted by atomic mass is 10.1. The van der Waals surface area contributed by atoms with Gasteiger partial charge in [-0.2, -0.15) is 0 Å². The minimum Gasteiger partial charge on any atom is -0.507 e. The number of rotatable bonds is 6. The second kappa shape index (κ2) is 8.17. The van der Waals surface area contributed by atoms with Gasteiger partial charge in [0.1, 0.15) is 18.1 Å². The van der Waals surface area contributed by atoms with Gasteiger partial charge in [0.2, 0.25) is 0 Å². The largest absolute Gasteiger partial charge is 0.507 e. The molecule has 0 aliphatic heterocycles. The summed E-state index contributed by atoms with van der Waals surface area (Å²) >= 11 is 0. The Morgan fingerprint density at radius 3 is 2.62 bits per heavy atom. The summed E-state index contributed by atoms with van der Waals surface area (Å²) in [6.07, 6.45) is 3.18. The lowest BCUT2D eigenvalue weighted by molar-refractivity contribution is 0.104. The van der Waals surface area contributed by atoms with Gasteiger partial charge in [-0.1, -0.05) is 60.2 Å². The third kappa shape index (κ3) is 4.61. The zero-order valence-electron chi connectivity index (χ0n) is 14.6. The van der Waals surface area contributed by atoms with E-state index < -0.39 is 0 Å². The first-order valence-corrected chi connectivity index (χ1v) is 8.40. The van der Waals surface area contributed by atoms with Crippen molar-refractivity contribution in [3.63, 3.8) is 0 Å². The van der Waals surface area contributed by atoms with E-state index >= 15 is 0 Å². The zero-order chi connectivity index (χ0) is 18.4. The second-order valence-electron chi connectivity index (χ2n) is 6.06. The molecule has 0 saturated heterocycles. The highest BCUT2D eigenvalue weighted by atomic mass is 16.5. The SMILES string of the molecule is Cc1ccc(O)c(C(=O)C=Cc2cccc(OCc3ccccc3)c2)c1. The molecule has 0 aliphatic rings. The van der Waals surface area contributed by atoms with Crippen LogP contribution in [0.25, 0.3) is 6.08 Å². The predicted molar refractivity (Wildman–Crippen MR) is 103 cm³/mol. The zero-order valence-corrected chi connectivity index (χ0v) is 14.6. The molecule has 0 fully saturated rings. The number of carbonyl (C=O) groups excluding carboxylic acids is 1. The van der Waals surface area contributed by atoms with Gasteiger partial charge in [-0.15, -0.1) is 0 Å². The molecule has 3 nitrogen and oxygen atoms in total. The Hall–Kier alpha value is -3.33. The summed E-state index contributed by atoms with van der Waals surface area (Å²) in [6.45, 7) is 2.37. The Morgan fingerprint density at radius 1 is 1.00 bits per heavy atom. The number of aryl methyl sites for hydroxylation is 1. The highest BCUT2D eigenvalue weighted by Gasteiger charge is 2.08. The van der Waals surface area contributed by atoms with Crippen LogP contribution in [0.2, 0.25) is 0 Å². The molecule has 0 aliphatic carbocycles. The van der Waals surface area contributed by atoms with Gasteiger partial charge in [-0.25, -0.2) is 0 Å². The van der Waals surface area contributed by atoms with Gasteiger partial charge in [0, 0.05) is 0 Å². The smallest absolute Gasteiger partial charge is 0.189 e. The lowest BCUT2D eigenvalue weighted by Crippen LogP contribution is -1.96. The standard InChI is InChI=1S/C23H20O3/c1-17-10-12-22(24)21(14-17)23(25)13-11-18-8-5-9-20(15-18)26-16-19-6-3-2-4-7-19/h2-15,24H,16H2,1H3. The molecule has 3 aromatic rings. The fourth-order valence-electron chi connectivity index (χ4n) is 2.56. The molecule has 1 N–H and O–H groups in total. The molecule has 130 valence electrons. The molecule has 3 heteroatoms. The molecule has 0 atom stereocenters. The molecule has 0 radical (unpaired) electrons. The summed E-state index contributed by atoms with van der Waals surface area (Å²) in [7, 11) is 0. The van der Waals surface area contributed by atoms with E-state index in [0.29, 0.717) is 12.2 Å². The molecule has 26 heavy (non-hydrogen) atoms. The maximum absolute atomic E-state index is 12.3. The summed E-state index contributed by atoms with van der Waals surface area (Å²) in [5.74, 6) is 0.494. The van der Waals surface area contributed by atoms with Crippen LogP contribution < -0.4 is 4.74 Å².